The highest BCUT2D eigenvalue weighted by molar-refractivity contribution is 6.31. The van der Waals surface area contributed by atoms with Gasteiger partial charge in [0.25, 0.3) is 0 Å². The predicted octanol–water partition coefficient (Wildman–Crippen LogP) is 18.4. The zero-order valence-electron chi connectivity index (χ0n) is 72.2. The number of aliphatic hydroxyl groups excluding tert-OH is 4. The Morgan fingerprint density at radius 2 is 0.661 bits per heavy atom. The number of aromatic nitrogens is 7. The van der Waals surface area contributed by atoms with Crippen LogP contribution in [0.1, 0.15) is 132 Å². The lowest BCUT2D eigenvalue weighted by Gasteiger charge is -2.29. The highest BCUT2D eigenvalue weighted by Crippen LogP contribution is 2.41. The van der Waals surface area contributed by atoms with Crippen molar-refractivity contribution in [3.63, 3.8) is 0 Å². The summed E-state index contributed by atoms with van der Waals surface area (Å²) in [7, 11) is 10.6. The van der Waals surface area contributed by atoms with Gasteiger partial charge in [-0.05, 0) is 238 Å². The lowest BCUT2D eigenvalue weighted by atomic mass is 9.95. The Bertz CT molecular complexity index is 6040. The summed E-state index contributed by atoms with van der Waals surface area (Å²) in [4.78, 5) is 19.8. The third-order valence-electron chi connectivity index (χ3n) is 25.7. The fourth-order valence-corrected chi connectivity index (χ4v) is 19.5. The summed E-state index contributed by atoms with van der Waals surface area (Å²) in [6, 6.07) is 58.1. The van der Waals surface area contributed by atoms with Crippen LogP contribution in [0.25, 0.3) is 54.5 Å². The van der Waals surface area contributed by atoms with Gasteiger partial charge < -0.3 is 72.9 Å². The van der Waals surface area contributed by atoms with Crippen molar-refractivity contribution in [2.24, 2.45) is 0 Å². The van der Waals surface area contributed by atoms with Crippen LogP contribution in [-0.4, -0.2) is 151 Å². The molecule has 644 valence electrons. The van der Waals surface area contributed by atoms with E-state index in [1.807, 2.05) is 54.6 Å². The summed E-state index contributed by atoms with van der Waals surface area (Å²) >= 11 is 12.4. The molecule has 5 atom stereocenters. The Morgan fingerprint density at radius 1 is 0.363 bits per heavy atom. The van der Waals surface area contributed by atoms with E-state index in [1.54, 1.807) is 80.2 Å². The lowest BCUT2D eigenvalue weighted by Crippen LogP contribution is -2.32. The first-order valence-electron chi connectivity index (χ1n) is 43.0. The molecule has 0 bridgehead atoms. The molecule has 15 aromatic rings. The van der Waals surface area contributed by atoms with Crippen LogP contribution in [0.4, 0.5) is 13.2 Å². The van der Waals surface area contributed by atoms with Crippen LogP contribution in [0.5, 0.6) is 0 Å². The number of nitrogens with zero attached hydrogens (tertiary/aromatic N) is 12. The van der Waals surface area contributed by atoms with Crippen molar-refractivity contribution in [1.82, 2.24) is 57.3 Å². The average Bonchev–Trinajstić information content (AvgIpc) is 1.63. The molecule has 124 heavy (non-hydrogen) atoms. The minimum Gasteiger partial charge on any atom is -0.386 e. The number of halogens is 5. The standard InChI is InChI=1S/C22H25FN2O.C21H23FN2O.C20H20ClFN2O.C20H23N3O.C19H20ClN3O/c1-15-4-9-20-19(12-15)18-10-11-24(3)13-21(18)25(20)14-22(2,26)16-5-7-17(23)8-6-16;1-14-7-8-19-17(11-14)15-9-10-23(2)12-20(15)24(19)13-21(25)16-5-3-4-6-18(16)22;1-23-9-8-14-16-10-13(21)6-7-18(16)24(19(14)11-23)12-20(25)15-4-2-3-5-17(15)22;1-14-5-6-18-17(10-14)16-7-9-22(2)12-19(16)23(18)13-20(24)15-4-3-8-21-11-15;1-22-8-6-15-16-9-14(20)4-5-17(16)23(18(15)11-22)12-19(24)13-3-2-7-21-10-13/h4-9,12,26H,10-11,13-14H2,1-3H3;3-8,11,21,25H,9-10,12-13H2,1-2H3;2-7,10,20,25H,8-9,11-12H2,1H3;3-6,8,10-11,20,24H,7,9,12-13H2,1-2H3;2-5,7,9-10,19,24H,6,8,11-12H2,1H3. The van der Waals surface area contributed by atoms with Gasteiger partial charge in [-0.25, -0.2) is 13.2 Å². The summed E-state index contributed by atoms with van der Waals surface area (Å²) in [5.41, 5.74) is 24.7. The second-order valence-electron chi connectivity index (χ2n) is 34.9. The average molecular weight is 1710 g/mol. The third-order valence-corrected chi connectivity index (χ3v) is 26.1. The molecule has 5 N–H and O–H groups in total. The molecule has 5 aliphatic rings. The number of aliphatic hydroxyl groups is 5. The SMILES string of the molecule is CN1CCc2c(n(CC(O)c3ccccc3F)c3ccc(Cl)cc23)C1.CN1CCc2c(n(CC(O)c3cccnc3)c3ccc(Cl)cc23)C1.Cc1ccc2c(c1)c1c(n2CC(C)(O)c2ccc(F)cc2)CN(C)CC1.Cc1ccc2c(c1)c1c(n2CC(O)c2ccccc2F)CN(C)CC1.Cc1ccc2c(c1)c1c(n2CC(O)c2cccnc2)CN(C)CC1. The lowest BCUT2D eigenvalue weighted by molar-refractivity contribution is 0.0380. The van der Waals surface area contributed by atoms with Crippen LogP contribution < -0.4 is 0 Å². The molecular formula is C102H111Cl2F3N12O5. The van der Waals surface area contributed by atoms with Gasteiger partial charge in [0.05, 0.1) is 57.1 Å². The van der Waals surface area contributed by atoms with Crippen LogP contribution in [0.2, 0.25) is 10.0 Å². The minimum atomic E-state index is -1.08. The van der Waals surface area contributed by atoms with Crippen molar-refractivity contribution in [2.75, 3.05) is 68.0 Å². The third kappa shape index (κ3) is 18.7. The van der Waals surface area contributed by atoms with E-state index >= 15 is 0 Å². The summed E-state index contributed by atoms with van der Waals surface area (Å²) in [6.07, 6.45) is 9.11. The minimum absolute atomic E-state index is 0.287. The molecule has 17 nitrogen and oxygen atoms in total. The highest BCUT2D eigenvalue weighted by atomic mass is 35.5. The molecule has 22 heteroatoms. The van der Waals surface area contributed by atoms with Crippen molar-refractivity contribution < 1.29 is 38.7 Å². The number of rotatable bonds is 15. The molecule has 20 rings (SSSR count). The molecule has 5 aliphatic heterocycles. The van der Waals surface area contributed by atoms with E-state index in [-0.39, 0.29) is 17.5 Å². The van der Waals surface area contributed by atoms with Crippen LogP contribution in [0.3, 0.4) is 0 Å². The molecule has 0 fully saturated rings. The molecule has 0 aliphatic carbocycles. The Balaban J connectivity index is 0.000000115. The number of hydrogen-bond donors (Lipinski definition) is 5. The van der Waals surface area contributed by atoms with Crippen LogP contribution in [0, 0.1) is 38.2 Å². The van der Waals surface area contributed by atoms with Crippen LogP contribution in [-0.2, 0) is 103 Å². The number of likely N-dealkylation sites (N-methyl/N-ethyl adjacent to an activating group) is 5. The molecule has 7 aromatic heterocycles. The molecule has 12 heterocycles. The van der Waals surface area contributed by atoms with Crippen molar-refractivity contribution in [2.45, 2.75) is 155 Å². The summed E-state index contributed by atoms with van der Waals surface area (Å²) in [6.45, 7) is 20.0. The van der Waals surface area contributed by atoms with Gasteiger partial charge in [0, 0.05) is 206 Å². The fraction of sp³-hybridized carbons (Fsp3) is 0.333. The first-order chi connectivity index (χ1) is 59.7. The smallest absolute Gasteiger partial charge is 0.129 e. The zero-order chi connectivity index (χ0) is 86.9. The van der Waals surface area contributed by atoms with E-state index in [4.69, 9.17) is 23.2 Å². The highest BCUT2D eigenvalue weighted by Gasteiger charge is 2.33. The Hall–Kier alpha value is -10.3. The first kappa shape index (κ1) is 87.2. The topological polar surface area (TPSA) is 168 Å². The number of benzene rings is 8. The molecular weight excluding hydrogens is 1600 g/mol. The largest absolute Gasteiger partial charge is 0.386 e. The monoisotopic (exact) mass is 1710 g/mol. The van der Waals surface area contributed by atoms with E-state index in [0.717, 1.165) is 141 Å². The molecule has 0 amide bonds. The van der Waals surface area contributed by atoms with Gasteiger partial charge in [-0.1, -0.05) is 119 Å². The second-order valence-corrected chi connectivity index (χ2v) is 35.8. The van der Waals surface area contributed by atoms with Crippen LogP contribution >= 0.6 is 23.2 Å². The number of aryl methyl sites for hydroxylation is 3. The van der Waals surface area contributed by atoms with Gasteiger partial charge in [-0.3, -0.25) is 9.97 Å². The van der Waals surface area contributed by atoms with Crippen molar-refractivity contribution in [3.05, 3.63) is 341 Å². The van der Waals surface area contributed by atoms with Gasteiger partial charge in [0.15, 0.2) is 0 Å². The normalized spacial score (nSPS) is 16.4. The Labute approximate surface area is 733 Å². The van der Waals surface area contributed by atoms with E-state index in [9.17, 15) is 38.7 Å². The van der Waals surface area contributed by atoms with Gasteiger partial charge in [0.1, 0.15) is 23.1 Å². The first-order valence-corrected chi connectivity index (χ1v) is 43.8. The van der Waals surface area contributed by atoms with Gasteiger partial charge >= 0.3 is 0 Å². The van der Waals surface area contributed by atoms with Crippen molar-refractivity contribution in [3.8, 4) is 0 Å². The summed E-state index contributed by atoms with van der Waals surface area (Å²) < 4.78 is 52.5. The van der Waals surface area contributed by atoms with E-state index in [0.29, 0.717) is 48.9 Å². The molecule has 0 saturated carbocycles. The Morgan fingerprint density at radius 3 is 0.984 bits per heavy atom. The molecule has 0 spiro atoms. The molecule has 0 saturated heterocycles. The molecule has 5 unspecified atom stereocenters. The maximum Gasteiger partial charge on any atom is 0.129 e. The van der Waals surface area contributed by atoms with Gasteiger partial charge in [-0.15, -0.1) is 0 Å². The van der Waals surface area contributed by atoms with Gasteiger partial charge in [0.2, 0.25) is 0 Å². The maximum absolute atomic E-state index is 14.1. The zero-order valence-corrected chi connectivity index (χ0v) is 73.7. The number of hydrogen-bond acceptors (Lipinski definition) is 12. The second kappa shape index (κ2) is 37.5. The van der Waals surface area contributed by atoms with E-state index in [1.165, 1.54) is 130 Å². The Kier molecular flexibility index (Phi) is 26.4. The fourth-order valence-electron chi connectivity index (χ4n) is 19.1. The number of pyridine rings is 2. The molecule has 0 radical (unpaired) electrons. The van der Waals surface area contributed by atoms with Crippen LogP contribution in [0.15, 0.2) is 213 Å². The molecule has 8 aromatic carbocycles. The summed E-state index contributed by atoms with van der Waals surface area (Å²) in [5, 5.41) is 61.6. The van der Waals surface area contributed by atoms with Crippen molar-refractivity contribution >= 4 is 77.7 Å². The van der Waals surface area contributed by atoms with Crippen molar-refractivity contribution in [1.29, 1.82) is 0 Å². The van der Waals surface area contributed by atoms with E-state index < -0.39 is 30.0 Å². The van der Waals surface area contributed by atoms with Gasteiger partial charge in [-0.2, -0.15) is 0 Å². The maximum atomic E-state index is 14.1. The quantitative estimate of drug-likeness (QED) is 0.0660. The number of fused-ring (bicyclic) bond motifs is 15. The predicted molar refractivity (Wildman–Crippen MR) is 491 cm³/mol. The van der Waals surface area contributed by atoms with E-state index in [2.05, 4.69) is 174 Å². The summed E-state index contributed by atoms with van der Waals surface area (Å²) in [5.74, 6) is -1.01.